The predicted octanol–water partition coefficient (Wildman–Crippen LogP) is 5.12. The van der Waals surface area contributed by atoms with E-state index in [1.54, 1.807) is 23.1 Å². The van der Waals surface area contributed by atoms with Gasteiger partial charge in [0.25, 0.3) is 0 Å². The third kappa shape index (κ3) is 4.20. The van der Waals surface area contributed by atoms with E-state index in [1.165, 1.54) is 18.2 Å². The average Bonchev–Trinajstić information content (AvgIpc) is 3.44. The molecule has 1 aliphatic rings. The van der Waals surface area contributed by atoms with Crippen LogP contribution in [0.2, 0.25) is 0 Å². The maximum Gasteiger partial charge on any atom is 0.573 e. The van der Waals surface area contributed by atoms with Gasteiger partial charge in [-0.3, -0.25) is 9.25 Å². The van der Waals surface area contributed by atoms with E-state index in [4.69, 9.17) is 15.7 Å². The van der Waals surface area contributed by atoms with Crippen molar-refractivity contribution < 1.29 is 17.9 Å². The maximum atomic E-state index is 12.7. The quantitative estimate of drug-likeness (QED) is 0.356. The lowest BCUT2D eigenvalue weighted by Crippen LogP contribution is -2.43. The Morgan fingerprint density at radius 1 is 1.03 bits per heavy atom. The van der Waals surface area contributed by atoms with Crippen molar-refractivity contribution in [3.8, 4) is 34.3 Å². The molecule has 0 bridgehead atoms. The van der Waals surface area contributed by atoms with Gasteiger partial charge in [-0.15, -0.1) is 13.2 Å². The summed E-state index contributed by atoms with van der Waals surface area (Å²) in [6.45, 7) is 0. The van der Waals surface area contributed by atoms with E-state index in [9.17, 15) is 13.2 Å². The summed E-state index contributed by atoms with van der Waals surface area (Å²) < 4.78 is 45.9. The molecule has 1 aliphatic carbocycles. The summed E-state index contributed by atoms with van der Waals surface area (Å²) in [6, 6.07) is 15.4. The Morgan fingerprint density at radius 2 is 1.81 bits per heavy atom. The summed E-state index contributed by atoms with van der Waals surface area (Å²) in [5, 5.41) is 4.27. The molecule has 0 amide bonds. The SMILES string of the molecule is Cn1nccc1-c1nc2cnc(-c3cccc(OC(F)(F)F)c3)nc2n1-c1ccc(C2(N)CCC2)cc1. The van der Waals surface area contributed by atoms with Gasteiger partial charge in [0.15, 0.2) is 17.3 Å². The lowest BCUT2D eigenvalue weighted by atomic mass is 9.73. The molecule has 0 saturated heterocycles. The lowest BCUT2D eigenvalue weighted by Gasteiger charge is -2.38. The number of halogens is 3. The zero-order chi connectivity index (χ0) is 25.8. The number of nitrogens with zero attached hydrogens (tertiary/aromatic N) is 6. The summed E-state index contributed by atoms with van der Waals surface area (Å²) in [6.07, 6.45) is 1.46. The number of ether oxygens (including phenoxy) is 1. The monoisotopic (exact) mass is 505 g/mol. The van der Waals surface area contributed by atoms with Crippen LogP contribution in [0, 0.1) is 0 Å². The molecule has 5 aromatic rings. The molecule has 0 atom stereocenters. The van der Waals surface area contributed by atoms with E-state index in [0.29, 0.717) is 22.6 Å². The molecule has 0 spiro atoms. The molecule has 3 heterocycles. The van der Waals surface area contributed by atoms with Crippen molar-refractivity contribution in [3.63, 3.8) is 0 Å². The summed E-state index contributed by atoms with van der Waals surface area (Å²) >= 11 is 0. The molecule has 188 valence electrons. The molecule has 1 fully saturated rings. The number of aryl methyl sites for hydroxylation is 1. The third-order valence-electron chi connectivity index (χ3n) is 6.72. The fourth-order valence-corrected chi connectivity index (χ4v) is 4.64. The van der Waals surface area contributed by atoms with Gasteiger partial charge in [0.2, 0.25) is 0 Å². The second kappa shape index (κ2) is 8.41. The lowest BCUT2D eigenvalue weighted by molar-refractivity contribution is -0.274. The van der Waals surface area contributed by atoms with Crippen LogP contribution < -0.4 is 10.5 Å². The normalized spacial score (nSPS) is 15.1. The number of fused-ring (bicyclic) bond motifs is 1. The van der Waals surface area contributed by atoms with Crippen molar-refractivity contribution in [3.05, 3.63) is 72.6 Å². The number of imidazole rings is 1. The standard InChI is InChI=1S/C26H22F3N7O/c1-35-21(10-13-32-35)24-33-20-15-31-22(16-4-2-5-19(14-16)37-26(27,28)29)34-23(20)36(24)18-8-6-17(7-9-18)25(30)11-3-12-25/h2,4-10,13-15H,3,11-12,30H2,1H3. The molecule has 2 N–H and O–H groups in total. The molecule has 8 nitrogen and oxygen atoms in total. The molecule has 37 heavy (non-hydrogen) atoms. The molecule has 11 heteroatoms. The average molecular weight is 506 g/mol. The Hall–Kier alpha value is -4.25. The van der Waals surface area contributed by atoms with E-state index >= 15 is 0 Å². The van der Waals surface area contributed by atoms with Crippen LogP contribution >= 0.6 is 0 Å². The highest BCUT2D eigenvalue weighted by molar-refractivity contribution is 5.80. The van der Waals surface area contributed by atoms with Gasteiger partial charge < -0.3 is 10.5 Å². The van der Waals surface area contributed by atoms with Crippen LogP contribution in [0.25, 0.3) is 39.8 Å². The first kappa shape index (κ1) is 23.2. The summed E-state index contributed by atoms with van der Waals surface area (Å²) in [7, 11) is 1.82. The fraction of sp³-hybridized carbons (Fsp3) is 0.231. The first-order valence-corrected chi connectivity index (χ1v) is 11.7. The van der Waals surface area contributed by atoms with Crippen LogP contribution in [0.5, 0.6) is 5.75 Å². The zero-order valence-corrected chi connectivity index (χ0v) is 19.8. The Bertz CT molecular complexity index is 1600. The van der Waals surface area contributed by atoms with Gasteiger partial charge in [-0.25, -0.2) is 15.0 Å². The molecule has 2 aromatic carbocycles. The first-order valence-electron chi connectivity index (χ1n) is 11.7. The minimum atomic E-state index is -4.80. The highest BCUT2D eigenvalue weighted by atomic mass is 19.4. The fourth-order valence-electron chi connectivity index (χ4n) is 4.64. The summed E-state index contributed by atoms with van der Waals surface area (Å²) in [5.41, 5.74) is 10.3. The second-order valence-electron chi connectivity index (χ2n) is 9.15. The van der Waals surface area contributed by atoms with E-state index < -0.39 is 6.36 Å². The van der Waals surface area contributed by atoms with Crippen LogP contribution in [-0.2, 0) is 12.6 Å². The molecule has 1 saturated carbocycles. The van der Waals surface area contributed by atoms with Gasteiger partial charge in [-0.1, -0.05) is 24.3 Å². The smallest absolute Gasteiger partial charge is 0.406 e. The third-order valence-corrected chi connectivity index (χ3v) is 6.72. The van der Waals surface area contributed by atoms with Crippen LogP contribution in [0.15, 0.2) is 67.0 Å². The molecule has 6 rings (SSSR count). The predicted molar refractivity (Wildman–Crippen MR) is 131 cm³/mol. The number of alkyl halides is 3. The Labute approximate surface area is 209 Å². The van der Waals surface area contributed by atoms with E-state index in [0.717, 1.165) is 36.2 Å². The van der Waals surface area contributed by atoms with Crippen molar-refractivity contribution in [2.24, 2.45) is 12.8 Å². The minimum absolute atomic E-state index is 0.241. The Balaban J connectivity index is 1.49. The van der Waals surface area contributed by atoms with Crippen LogP contribution in [0.1, 0.15) is 24.8 Å². The largest absolute Gasteiger partial charge is 0.573 e. The number of hydrogen-bond acceptors (Lipinski definition) is 6. The van der Waals surface area contributed by atoms with Crippen molar-refractivity contribution >= 4 is 11.2 Å². The molecule has 0 aliphatic heterocycles. The van der Waals surface area contributed by atoms with Crippen LogP contribution in [0.3, 0.4) is 0 Å². The van der Waals surface area contributed by atoms with Gasteiger partial charge >= 0.3 is 6.36 Å². The Kier molecular flexibility index (Phi) is 5.27. The van der Waals surface area contributed by atoms with Gasteiger partial charge in [0.1, 0.15) is 17.0 Å². The Morgan fingerprint density at radius 3 is 2.46 bits per heavy atom. The van der Waals surface area contributed by atoms with Crippen molar-refractivity contribution in [2.75, 3.05) is 0 Å². The number of benzene rings is 2. The molecular weight excluding hydrogens is 483 g/mol. The number of aromatic nitrogens is 6. The first-order chi connectivity index (χ1) is 17.7. The maximum absolute atomic E-state index is 12.7. The second-order valence-corrected chi connectivity index (χ2v) is 9.15. The van der Waals surface area contributed by atoms with Crippen LogP contribution in [0.4, 0.5) is 13.2 Å². The van der Waals surface area contributed by atoms with Crippen molar-refractivity contribution in [1.82, 2.24) is 29.3 Å². The van der Waals surface area contributed by atoms with Gasteiger partial charge in [0.05, 0.1) is 6.20 Å². The summed E-state index contributed by atoms with van der Waals surface area (Å²) in [5.74, 6) is 0.499. The molecule has 0 radical (unpaired) electrons. The van der Waals surface area contributed by atoms with E-state index in [-0.39, 0.29) is 17.1 Å². The molecule has 0 unspecified atom stereocenters. The van der Waals surface area contributed by atoms with Gasteiger partial charge in [-0.05, 0) is 55.2 Å². The topological polar surface area (TPSA) is 96.7 Å². The number of rotatable bonds is 5. The molecule has 3 aromatic heterocycles. The highest BCUT2D eigenvalue weighted by Gasteiger charge is 2.34. The van der Waals surface area contributed by atoms with Gasteiger partial charge in [0, 0.05) is 30.0 Å². The van der Waals surface area contributed by atoms with E-state index in [1.807, 2.05) is 41.9 Å². The number of nitrogens with two attached hydrogens (primary N) is 1. The van der Waals surface area contributed by atoms with Crippen molar-refractivity contribution in [2.45, 2.75) is 31.2 Å². The number of hydrogen-bond donors (Lipinski definition) is 1. The highest BCUT2D eigenvalue weighted by Crippen LogP contribution is 2.39. The summed E-state index contributed by atoms with van der Waals surface area (Å²) in [4.78, 5) is 13.9. The zero-order valence-electron chi connectivity index (χ0n) is 19.8. The molecular formula is C26H22F3N7O. The minimum Gasteiger partial charge on any atom is -0.406 e. The van der Waals surface area contributed by atoms with E-state index in [2.05, 4.69) is 14.8 Å². The van der Waals surface area contributed by atoms with Crippen molar-refractivity contribution in [1.29, 1.82) is 0 Å². The van der Waals surface area contributed by atoms with Gasteiger partial charge in [-0.2, -0.15) is 5.10 Å². The van der Waals surface area contributed by atoms with Crippen LogP contribution in [-0.4, -0.2) is 35.7 Å².